The number of hydrogen-bond acceptors (Lipinski definition) is 2. The van der Waals surface area contributed by atoms with Gasteiger partial charge in [0.2, 0.25) is 5.91 Å². The second-order valence-electron chi connectivity index (χ2n) is 4.17. The first-order chi connectivity index (χ1) is 8.86. The van der Waals surface area contributed by atoms with Crippen LogP contribution in [0.15, 0.2) is 22.7 Å². The normalized spacial score (nSPS) is 11.8. The summed E-state index contributed by atoms with van der Waals surface area (Å²) >= 11 is 3.12. The van der Waals surface area contributed by atoms with Crippen LogP contribution in [0.25, 0.3) is 0 Å². The number of nitrogens with one attached hydrogen (secondary N) is 1. The molecule has 0 aliphatic heterocycles. The molecule has 0 radical (unpaired) electrons. The van der Waals surface area contributed by atoms with Crippen molar-refractivity contribution in [2.45, 2.75) is 19.9 Å². The van der Waals surface area contributed by atoms with E-state index < -0.39 is 17.8 Å². The Morgan fingerprint density at radius 1 is 1.47 bits per heavy atom. The maximum Gasteiger partial charge on any atom is 0.253 e. The number of carbonyl (C=O) groups excluding carboxylic acids is 2. The van der Waals surface area contributed by atoms with Gasteiger partial charge in [-0.3, -0.25) is 9.59 Å². The van der Waals surface area contributed by atoms with Crippen molar-refractivity contribution in [3.05, 3.63) is 34.1 Å². The Morgan fingerprint density at radius 3 is 2.63 bits per heavy atom. The lowest BCUT2D eigenvalue weighted by Crippen LogP contribution is -2.45. The highest BCUT2D eigenvalue weighted by molar-refractivity contribution is 9.10. The van der Waals surface area contributed by atoms with Crippen LogP contribution in [0.3, 0.4) is 0 Å². The molecule has 104 valence electrons. The Kier molecular flexibility index (Phi) is 5.47. The average Bonchev–Trinajstić information content (AvgIpc) is 2.36. The molecule has 0 saturated heterocycles. The number of benzene rings is 1. The highest BCUT2D eigenvalue weighted by Gasteiger charge is 2.20. The smallest absolute Gasteiger partial charge is 0.253 e. The third-order valence-electron chi connectivity index (χ3n) is 2.74. The van der Waals surface area contributed by atoms with E-state index in [1.165, 1.54) is 23.1 Å². The molecule has 1 N–H and O–H groups in total. The lowest BCUT2D eigenvalue weighted by molar-refractivity contribution is -0.131. The highest BCUT2D eigenvalue weighted by atomic mass is 79.9. The predicted molar refractivity (Wildman–Crippen MR) is 74.3 cm³/mol. The van der Waals surface area contributed by atoms with Gasteiger partial charge in [0.25, 0.3) is 5.91 Å². The number of amides is 2. The fourth-order valence-electron chi connectivity index (χ4n) is 1.50. The first kappa shape index (κ1) is 15.6. The van der Waals surface area contributed by atoms with E-state index >= 15 is 0 Å². The van der Waals surface area contributed by atoms with Crippen LogP contribution in [-0.2, 0) is 4.79 Å². The molecule has 0 aliphatic rings. The molecule has 0 aliphatic carbocycles. The second-order valence-corrected chi connectivity index (χ2v) is 5.03. The summed E-state index contributed by atoms with van der Waals surface area (Å²) in [4.78, 5) is 25.3. The van der Waals surface area contributed by atoms with Crippen LogP contribution in [0, 0.1) is 5.82 Å². The standard InChI is InChI=1S/C13H16BrFN2O2/c1-4-17(3)13(19)8(2)16-12(18)10-6-5-9(15)7-11(10)14/h5-8H,4H2,1-3H3,(H,16,18). The zero-order chi connectivity index (χ0) is 14.6. The Balaban J connectivity index is 2.77. The van der Waals surface area contributed by atoms with E-state index in [9.17, 15) is 14.0 Å². The quantitative estimate of drug-likeness (QED) is 0.919. The fourth-order valence-corrected chi connectivity index (χ4v) is 2.03. The zero-order valence-electron chi connectivity index (χ0n) is 11.0. The Labute approximate surface area is 120 Å². The van der Waals surface area contributed by atoms with Gasteiger partial charge in [0, 0.05) is 18.1 Å². The molecule has 0 heterocycles. The van der Waals surface area contributed by atoms with Crippen LogP contribution < -0.4 is 5.32 Å². The van der Waals surface area contributed by atoms with E-state index in [4.69, 9.17) is 0 Å². The van der Waals surface area contributed by atoms with E-state index in [2.05, 4.69) is 21.2 Å². The maximum atomic E-state index is 12.9. The molecule has 1 atom stereocenters. The lowest BCUT2D eigenvalue weighted by Gasteiger charge is -2.20. The molecule has 1 aromatic rings. The summed E-state index contributed by atoms with van der Waals surface area (Å²) in [6.45, 7) is 4.03. The van der Waals surface area contributed by atoms with Gasteiger partial charge < -0.3 is 10.2 Å². The van der Waals surface area contributed by atoms with E-state index in [0.29, 0.717) is 16.6 Å². The molecule has 0 spiro atoms. The third-order valence-corrected chi connectivity index (χ3v) is 3.40. The summed E-state index contributed by atoms with van der Waals surface area (Å²) in [7, 11) is 1.67. The van der Waals surface area contributed by atoms with Crippen LogP contribution in [0.4, 0.5) is 4.39 Å². The molecule has 2 amide bonds. The minimum Gasteiger partial charge on any atom is -0.344 e. The molecule has 1 aromatic carbocycles. The Morgan fingerprint density at radius 2 is 2.11 bits per heavy atom. The van der Waals surface area contributed by atoms with E-state index in [1.807, 2.05) is 6.92 Å². The van der Waals surface area contributed by atoms with Crippen molar-refractivity contribution in [3.63, 3.8) is 0 Å². The van der Waals surface area contributed by atoms with Crippen molar-refractivity contribution >= 4 is 27.7 Å². The molecule has 0 aromatic heterocycles. The van der Waals surface area contributed by atoms with Crippen molar-refractivity contribution in [3.8, 4) is 0 Å². The number of rotatable bonds is 4. The van der Waals surface area contributed by atoms with Crippen molar-refractivity contribution in [2.24, 2.45) is 0 Å². The summed E-state index contributed by atoms with van der Waals surface area (Å²) in [6, 6.07) is 3.15. The molecular weight excluding hydrogens is 315 g/mol. The van der Waals surface area contributed by atoms with Gasteiger partial charge in [-0.2, -0.15) is 0 Å². The van der Waals surface area contributed by atoms with E-state index in [1.54, 1.807) is 14.0 Å². The zero-order valence-corrected chi connectivity index (χ0v) is 12.6. The van der Waals surface area contributed by atoms with Gasteiger partial charge in [-0.1, -0.05) is 0 Å². The fraction of sp³-hybridized carbons (Fsp3) is 0.385. The van der Waals surface area contributed by atoms with Crippen LogP contribution in [0.2, 0.25) is 0 Å². The molecule has 6 heteroatoms. The molecule has 1 unspecified atom stereocenters. The van der Waals surface area contributed by atoms with E-state index in [-0.39, 0.29) is 5.91 Å². The van der Waals surface area contributed by atoms with Crippen LogP contribution >= 0.6 is 15.9 Å². The molecule has 19 heavy (non-hydrogen) atoms. The van der Waals surface area contributed by atoms with Gasteiger partial charge in [0.15, 0.2) is 0 Å². The van der Waals surface area contributed by atoms with Gasteiger partial charge in [0.05, 0.1) is 5.56 Å². The minimum atomic E-state index is -0.630. The average molecular weight is 331 g/mol. The number of carbonyl (C=O) groups is 2. The van der Waals surface area contributed by atoms with Crippen molar-refractivity contribution in [1.29, 1.82) is 0 Å². The van der Waals surface area contributed by atoms with Crippen molar-refractivity contribution < 1.29 is 14.0 Å². The largest absolute Gasteiger partial charge is 0.344 e. The molecule has 1 rings (SSSR count). The summed E-state index contributed by atoms with van der Waals surface area (Å²) in [5.41, 5.74) is 0.292. The van der Waals surface area contributed by atoms with Gasteiger partial charge in [0.1, 0.15) is 11.9 Å². The van der Waals surface area contributed by atoms with Gasteiger partial charge in [-0.25, -0.2) is 4.39 Å². The van der Waals surface area contributed by atoms with Crippen LogP contribution in [0.1, 0.15) is 24.2 Å². The van der Waals surface area contributed by atoms with Gasteiger partial charge in [-0.15, -0.1) is 0 Å². The number of nitrogens with zero attached hydrogens (tertiary/aromatic N) is 1. The second kappa shape index (κ2) is 6.65. The summed E-state index contributed by atoms with van der Waals surface area (Å²) < 4.78 is 13.3. The van der Waals surface area contributed by atoms with Crippen LogP contribution in [0.5, 0.6) is 0 Å². The SMILES string of the molecule is CCN(C)C(=O)C(C)NC(=O)c1ccc(F)cc1Br. The number of likely N-dealkylation sites (N-methyl/N-ethyl adjacent to an activating group) is 1. The van der Waals surface area contributed by atoms with E-state index in [0.717, 1.165) is 0 Å². The lowest BCUT2D eigenvalue weighted by atomic mass is 10.2. The Hall–Kier alpha value is -1.43. The Bertz CT molecular complexity index is 494. The minimum absolute atomic E-state index is 0.172. The molecule has 0 bridgehead atoms. The van der Waals surface area contributed by atoms with Crippen LogP contribution in [-0.4, -0.2) is 36.3 Å². The molecule has 0 saturated carbocycles. The number of halogens is 2. The third kappa shape index (κ3) is 4.02. The molecule has 4 nitrogen and oxygen atoms in total. The first-order valence-electron chi connectivity index (χ1n) is 5.87. The van der Waals surface area contributed by atoms with Crippen molar-refractivity contribution in [2.75, 3.05) is 13.6 Å². The monoisotopic (exact) mass is 330 g/mol. The van der Waals surface area contributed by atoms with Gasteiger partial charge in [-0.05, 0) is 48.0 Å². The summed E-state index contributed by atoms with van der Waals surface area (Å²) in [6.07, 6.45) is 0. The topological polar surface area (TPSA) is 49.4 Å². The highest BCUT2D eigenvalue weighted by Crippen LogP contribution is 2.18. The first-order valence-corrected chi connectivity index (χ1v) is 6.67. The molecular formula is C13H16BrFN2O2. The summed E-state index contributed by atoms with van der Waals surface area (Å²) in [5, 5.41) is 2.59. The van der Waals surface area contributed by atoms with Gasteiger partial charge >= 0.3 is 0 Å². The molecule has 0 fully saturated rings. The summed E-state index contributed by atoms with van der Waals surface area (Å²) in [5.74, 6) is -1.02. The number of hydrogen-bond donors (Lipinski definition) is 1. The van der Waals surface area contributed by atoms with Crippen molar-refractivity contribution in [1.82, 2.24) is 10.2 Å². The maximum absolute atomic E-state index is 12.9. The predicted octanol–water partition coefficient (Wildman–Crippen LogP) is 2.18.